The van der Waals surface area contributed by atoms with Crippen molar-refractivity contribution in [2.24, 2.45) is 0 Å². The normalized spacial score (nSPS) is 11.5. The van der Waals surface area contributed by atoms with Gasteiger partial charge < -0.3 is 14.5 Å². The van der Waals surface area contributed by atoms with E-state index in [1.807, 2.05) is 0 Å². The molecule has 0 fully saturated rings. The van der Waals surface area contributed by atoms with Gasteiger partial charge in [0.1, 0.15) is 34.2 Å². The fourth-order valence-electron chi connectivity index (χ4n) is 3.11. The number of hydrogen-bond donors (Lipinski definition) is 1. The van der Waals surface area contributed by atoms with Crippen LogP contribution in [0, 0.1) is 5.95 Å². The molecule has 170 valence electrons. The molecule has 0 saturated heterocycles. The lowest BCUT2D eigenvalue weighted by Gasteiger charge is -2.14. The number of nitrogens with one attached hydrogen (secondary N) is 1. The molecule has 0 aliphatic rings. The van der Waals surface area contributed by atoms with Gasteiger partial charge in [-0.15, -0.1) is 0 Å². The van der Waals surface area contributed by atoms with Crippen molar-refractivity contribution < 1.29 is 27.0 Å². The minimum Gasteiger partial charge on any atom is -0.496 e. The Kier molecular flexibility index (Phi) is 6.32. The zero-order valence-corrected chi connectivity index (χ0v) is 18.5. The predicted molar refractivity (Wildman–Crippen MR) is 115 cm³/mol. The average molecular weight is 523 g/mol. The van der Waals surface area contributed by atoms with E-state index in [1.165, 1.54) is 31.5 Å². The first-order valence-electron chi connectivity index (χ1n) is 9.46. The summed E-state index contributed by atoms with van der Waals surface area (Å²) in [6.07, 6.45) is -2.14. The van der Waals surface area contributed by atoms with Gasteiger partial charge in [-0.1, -0.05) is 6.07 Å². The van der Waals surface area contributed by atoms with E-state index in [0.717, 1.165) is 6.20 Å². The number of halogens is 5. The van der Waals surface area contributed by atoms with Crippen molar-refractivity contribution in [1.82, 2.24) is 19.9 Å². The fraction of sp³-hybridized carbons (Fsp3) is 0.136. The Morgan fingerprint density at radius 2 is 1.91 bits per heavy atom. The molecular weight excluding hydrogens is 508 g/mol. The first-order chi connectivity index (χ1) is 15.8. The van der Waals surface area contributed by atoms with E-state index >= 15 is 0 Å². The minimum atomic E-state index is -4.58. The third-order valence-electron chi connectivity index (χ3n) is 4.64. The first-order valence-corrected chi connectivity index (χ1v) is 10.3. The lowest BCUT2D eigenvalue weighted by Crippen LogP contribution is -2.13. The molecule has 3 aromatic heterocycles. The molecule has 1 N–H and O–H groups in total. The maximum Gasteiger partial charge on any atom is 0.433 e. The van der Waals surface area contributed by atoms with E-state index in [-0.39, 0.29) is 12.2 Å². The summed E-state index contributed by atoms with van der Waals surface area (Å²) in [5, 5.41) is 0. The summed E-state index contributed by atoms with van der Waals surface area (Å²) in [7, 11) is 1.46. The summed E-state index contributed by atoms with van der Waals surface area (Å²) >= 11 is 3.42. The van der Waals surface area contributed by atoms with Crippen molar-refractivity contribution in [2.75, 3.05) is 7.11 Å². The van der Waals surface area contributed by atoms with Crippen LogP contribution >= 0.6 is 15.9 Å². The smallest absolute Gasteiger partial charge is 0.433 e. The standard InChI is InChI=1S/C22H15BrF4N4O2/c1-32-16-9-14(33-11-13-3-2-8-28-19(13)22(25,26)27)5-6-15(16)18-20(23)31-21(30-18)12-4-7-17(24)29-10-12/h2-10H,11H2,1H3,(H,30,31). The molecule has 3 heterocycles. The first kappa shape index (κ1) is 22.7. The van der Waals surface area contributed by atoms with Crippen LogP contribution in [0.1, 0.15) is 11.3 Å². The number of hydrogen-bond acceptors (Lipinski definition) is 5. The minimum absolute atomic E-state index is 0.0827. The van der Waals surface area contributed by atoms with Crippen LogP contribution in [-0.4, -0.2) is 27.0 Å². The number of nitrogens with zero attached hydrogens (tertiary/aromatic N) is 3. The summed E-state index contributed by atoms with van der Waals surface area (Å²) in [4.78, 5) is 14.6. The molecule has 0 radical (unpaired) electrons. The van der Waals surface area contributed by atoms with Gasteiger partial charge >= 0.3 is 6.18 Å². The van der Waals surface area contributed by atoms with Crippen molar-refractivity contribution in [3.8, 4) is 34.1 Å². The molecule has 0 spiro atoms. The second-order valence-electron chi connectivity index (χ2n) is 6.78. The molecule has 0 aliphatic heterocycles. The Morgan fingerprint density at radius 1 is 1.09 bits per heavy atom. The van der Waals surface area contributed by atoms with Crippen molar-refractivity contribution in [2.45, 2.75) is 12.8 Å². The topological polar surface area (TPSA) is 72.9 Å². The monoisotopic (exact) mass is 522 g/mol. The van der Waals surface area contributed by atoms with Crippen LogP contribution in [-0.2, 0) is 12.8 Å². The Labute approximate surface area is 193 Å². The molecule has 0 bridgehead atoms. The molecule has 0 aliphatic carbocycles. The van der Waals surface area contributed by atoms with Gasteiger partial charge in [0.2, 0.25) is 5.95 Å². The van der Waals surface area contributed by atoms with E-state index in [2.05, 4.69) is 35.9 Å². The van der Waals surface area contributed by atoms with Gasteiger partial charge in [0, 0.05) is 35.2 Å². The fourth-order valence-corrected chi connectivity index (χ4v) is 3.60. The van der Waals surface area contributed by atoms with E-state index < -0.39 is 17.8 Å². The molecule has 0 saturated carbocycles. The largest absolute Gasteiger partial charge is 0.496 e. The maximum atomic E-state index is 13.1. The van der Waals surface area contributed by atoms with Gasteiger partial charge in [-0.2, -0.15) is 17.6 Å². The number of alkyl halides is 3. The molecule has 0 atom stereocenters. The van der Waals surface area contributed by atoms with E-state index in [0.29, 0.717) is 38.7 Å². The van der Waals surface area contributed by atoms with E-state index in [4.69, 9.17) is 9.47 Å². The van der Waals surface area contributed by atoms with Gasteiger partial charge in [-0.25, -0.2) is 9.97 Å². The van der Waals surface area contributed by atoms with Crippen molar-refractivity contribution in [3.05, 3.63) is 76.7 Å². The van der Waals surface area contributed by atoms with Gasteiger partial charge in [-0.05, 0) is 46.3 Å². The molecule has 0 amide bonds. The number of methoxy groups -OCH3 is 1. The second kappa shape index (κ2) is 9.18. The molecule has 0 unspecified atom stereocenters. The number of imidazole rings is 1. The second-order valence-corrected chi connectivity index (χ2v) is 7.57. The summed E-state index contributed by atoms with van der Waals surface area (Å²) < 4.78 is 64.1. The number of ether oxygens (including phenoxy) is 2. The number of H-pyrrole nitrogens is 1. The molecule has 11 heteroatoms. The van der Waals surface area contributed by atoms with Crippen LogP contribution in [0.5, 0.6) is 11.5 Å². The zero-order chi connectivity index (χ0) is 23.6. The summed E-state index contributed by atoms with van der Waals surface area (Å²) in [6, 6.07) is 10.3. The number of benzene rings is 1. The molecule has 4 aromatic rings. The van der Waals surface area contributed by atoms with Crippen LogP contribution in [0.15, 0.2) is 59.5 Å². The molecule has 6 nitrogen and oxygen atoms in total. The Balaban J connectivity index is 1.59. The maximum absolute atomic E-state index is 13.1. The van der Waals surface area contributed by atoms with Crippen LogP contribution < -0.4 is 9.47 Å². The summed E-state index contributed by atoms with van der Waals surface area (Å²) in [5.41, 5.74) is 0.632. The molecule has 4 rings (SSSR count). The van der Waals surface area contributed by atoms with E-state index in [9.17, 15) is 17.6 Å². The molecular formula is C22H15BrF4N4O2. The van der Waals surface area contributed by atoms with E-state index in [1.54, 1.807) is 24.3 Å². The van der Waals surface area contributed by atoms with Crippen LogP contribution in [0.25, 0.3) is 22.6 Å². The Morgan fingerprint density at radius 3 is 2.61 bits per heavy atom. The molecule has 1 aromatic carbocycles. The predicted octanol–water partition coefficient (Wildman–Crippen LogP) is 6.04. The number of rotatable bonds is 6. The third kappa shape index (κ3) is 4.98. The average Bonchev–Trinajstić information content (AvgIpc) is 3.18. The van der Waals surface area contributed by atoms with Crippen molar-refractivity contribution in [1.29, 1.82) is 0 Å². The number of aromatic nitrogens is 4. The lowest BCUT2D eigenvalue weighted by atomic mass is 10.1. The highest BCUT2D eigenvalue weighted by molar-refractivity contribution is 9.10. The van der Waals surface area contributed by atoms with Crippen molar-refractivity contribution in [3.63, 3.8) is 0 Å². The Bertz CT molecular complexity index is 1280. The van der Waals surface area contributed by atoms with Crippen LogP contribution in [0.4, 0.5) is 17.6 Å². The summed E-state index contributed by atoms with van der Waals surface area (Å²) in [5.74, 6) is 0.561. The van der Waals surface area contributed by atoms with Crippen molar-refractivity contribution >= 4 is 15.9 Å². The van der Waals surface area contributed by atoms with Crippen LogP contribution in [0.3, 0.4) is 0 Å². The highest BCUT2D eigenvalue weighted by Gasteiger charge is 2.35. The highest BCUT2D eigenvalue weighted by Crippen LogP contribution is 2.38. The van der Waals surface area contributed by atoms with Gasteiger partial charge in [0.15, 0.2) is 5.69 Å². The Hall–Kier alpha value is -3.47. The zero-order valence-electron chi connectivity index (χ0n) is 17.0. The quantitative estimate of drug-likeness (QED) is 0.247. The summed E-state index contributed by atoms with van der Waals surface area (Å²) in [6.45, 7) is -0.320. The number of pyridine rings is 2. The SMILES string of the molecule is COc1cc(OCc2cccnc2C(F)(F)F)ccc1-c1nc(-c2ccc(F)nc2)[nH]c1Br. The van der Waals surface area contributed by atoms with Gasteiger partial charge in [0.05, 0.1) is 7.11 Å². The molecule has 33 heavy (non-hydrogen) atoms. The highest BCUT2D eigenvalue weighted by atomic mass is 79.9. The van der Waals surface area contributed by atoms with Gasteiger partial charge in [-0.3, -0.25) is 4.98 Å². The van der Waals surface area contributed by atoms with Gasteiger partial charge in [0.25, 0.3) is 0 Å². The van der Waals surface area contributed by atoms with Crippen LogP contribution in [0.2, 0.25) is 0 Å². The third-order valence-corrected chi connectivity index (χ3v) is 5.22. The lowest BCUT2D eigenvalue weighted by molar-refractivity contribution is -0.142. The number of aromatic amines is 1.